The van der Waals surface area contributed by atoms with Crippen LogP contribution in [0, 0.1) is 6.07 Å². The summed E-state index contributed by atoms with van der Waals surface area (Å²) in [7, 11) is 0. The fourth-order valence-corrected chi connectivity index (χ4v) is 3.34. The summed E-state index contributed by atoms with van der Waals surface area (Å²) >= 11 is 1.87. The number of nitrogens with zero attached hydrogens (tertiary/aromatic N) is 1. The highest BCUT2D eigenvalue weighted by atomic mass is 32.1. The van der Waals surface area contributed by atoms with E-state index in [0.717, 1.165) is 6.54 Å². The average Bonchev–Trinajstić information content (AvgIpc) is 3.02. The molecule has 1 aromatic heterocycles. The van der Waals surface area contributed by atoms with Crippen molar-refractivity contribution >= 4 is 11.3 Å². The largest absolute Gasteiger partial charge is 0.298 e. The van der Waals surface area contributed by atoms with Gasteiger partial charge in [-0.1, -0.05) is 24.3 Å². The van der Waals surface area contributed by atoms with Crippen molar-refractivity contribution in [3.8, 4) is 11.1 Å². The lowest BCUT2D eigenvalue weighted by Crippen LogP contribution is -2.17. The van der Waals surface area contributed by atoms with Crippen LogP contribution in [0.1, 0.15) is 17.7 Å². The standard InChI is InChI=1S/C15H16NS/c1-2-6-13(7-3-1)14-8-11-17-15(14)12-16-9-4-5-10-16/h1-3,6,8,11H,4-5,9-10,12H2. The highest BCUT2D eigenvalue weighted by molar-refractivity contribution is 7.10. The molecule has 1 aliphatic heterocycles. The molecule has 1 radical (unpaired) electrons. The maximum Gasteiger partial charge on any atom is 0.0334 e. The molecule has 0 atom stereocenters. The van der Waals surface area contributed by atoms with Crippen LogP contribution in [0.25, 0.3) is 11.1 Å². The van der Waals surface area contributed by atoms with E-state index in [0.29, 0.717) is 0 Å². The highest BCUT2D eigenvalue weighted by Crippen LogP contribution is 2.29. The fraction of sp³-hybridized carbons (Fsp3) is 0.333. The van der Waals surface area contributed by atoms with Gasteiger partial charge in [-0.05, 0) is 54.6 Å². The predicted molar refractivity (Wildman–Crippen MR) is 73.1 cm³/mol. The summed E-state index contributed by atoms with van der Waals surface area (Å²) in [6.07, 6.45) is 2.72. The van der Waals surface area contributed by atoms with Gasteiger partial charge in [0.25, 0.3) is 0 Å². The van der Waals surface area contributed by atoms with Crippen molar-refractivity contribution in [2.24, 2.45) is 0 Å². The van der Waals surface area contributed by atoms with E-state index in [-0.39, 0.29) is 0 Å². The molecule has 87 valence electrons. The quantitative estimate of drug-likeness (QED) is 0.791. The summed E-state index contributed by atoms with van der Waals surface area (Å²) in [6.45, 7) is 3.63. The van der Waals surface area contributed by atoms with Gasteiger partial charge in [0, 0.05) is 11.4 Å². The molecule has 3 rings (SSSR count). The number of hydrogen-bond donors (Lipinski definition) is 0. The topological polar surface area (TPSA) is 3.24 Å². The molecule has 0 amide bonds. The first-order valence-corrected chi connectivity index (χ1v) is 7.07. The third-order valence-corrected chi connectivity index (χ3v) is 4.22. The smallest absolute Gasteiger partial charge is 0.0334 e. The summed E-state index contributed by atoms with van der Waals surface area (Å²) in [5.41, 5.74) is 2.59. The van der Waals surface area contributed by atoms with E-state index in [2.05, 4.69) is 34.5 Å². The second-order valence-corrected chi connectivity index (χ2v) is 5.52. The number of rotatable bonds is 3. The maximum atomic E-state index is 3.32. The van der Waals surface area contributed by atoms with Crippen molar-refractivity contribution in [3.05, 3.63) is 46.7 Å². The molecule has 2 heteroatoms. The molecule has 1 fully saturated rings. The Morgan fingerprint density at radius 1 is 1.18 bits per heavy atom. The first-order valence-electron chi connectivity index (χ1n) is 6.19. The summed E-state index contributed by atoms with van der Waals surface area (Å²) in [6, 6.07) is 13.8. The van der Waals surface area contributed by atoms with Gasteiger partial charge in [-0.25, -0.2) is 0 Å². The zero-order valence-corrected chi connectivity index (χ0v) is 10.7. The predicted octanol–water partition coefficient (Wildman–Crippen LogP) is 3.81. The first kappa shape index (κ1) is 11.0. The summed E-state index contributed by atoms with van der Waals surface area (Å²) in [5.74, 6) is 0. The van der Waals surface area contributed by atoms with Gasteiger partial charge in [0.05, 0.1) is 0 Å². The van der Waals surface area contributed by atoms with E-state index in [9.17, 15) is 0 Å². The van der Waals surface area contributed by atoms with E-state index in [1.54, 1.807) is 0 Å². The van der Waals surface area contributed by atoms with Crippen LogP contribution in [-0.4, -0.2) is 18.0 Å². The summed E-state index contributed by atoms with van der Waals surface area (Å²) < 4.78 is 0. The zero-order valence-electron chi connectivity index (χ0n) is 9.86. The Morgan fingerprint density at radius 3 is 2.82 bits per heavy atom. The number of likely N-dealkylation sites (tertiary alicyclic amines) is 1. The maximum absolute atomic E-state index is 3.32. The molecule has 0 spiro atoms. The van der Waals surface area contributed by atoms with Gasteiger partial charge in [0.2, 0.25) is 0 Å². The Balaban J connectivity index is 1.84. The van der Waals surface area contributed by atoms with Gasteiger partial charge in [0.15, 0.2) is 0 Å². The molecule has 17 heavy (non-hydrogen) atoms. The Morgan fingerprint density at radius 2 is 2.06 bits per heavy atom. The van der Waals surface area contributed by atoms with Gasteiger partial charge < -0.3 is 0 Å². The molecule has 1 aliphatic rings. The lowest BCUT2D eigenvalue weighted by atomic mass is 10.1. The van der Waals surface area contributed by atoms with Crippen molar-refractivity contribution in [3.63, 3.8) is 0 Å². The highest BCUT2D eigenvalue weighted by Gasteiger charge is 2.15. The molecule has 2 aromatic rings. The first-order chi connectivity index (χ1) is 8.43. The minimum atomic E-state index is 1.11. The second kappa shape index (κ2) is 5.03. The van der Waals surface area contributed by atoms with Crippen molar-refractivity contribution in [2.45, 2.75) is 19.4 Å². The van der Waals surface area contributed by atoms with E-state index < -0.39 is 0 Å². The molecule has 1 aromatic carbocycles. The van der Waals surface area contributed by atoms with Gasteiger partial charge in [-0.15, -0.1) is 11.3 Å². The number of thiophene rings is 1. The Kier molecular flexibility index (Phi) is 3.25. The van der Waals surface area contributed by atoms with Crippen LogP contribution in [0.3, 0.4) is 0 Å². The fourth-order valence-electron chi connectivity index (χ4n) is 2.41. The van der Waals surface area contributed by atoms with E-state index in [1.165, 1.54) is 41.9 Å². The van der Waals surface area contributed by atoms with Crippen molar-refractivity contribution < 1.29 is 0 Å². The average molecular weight is 242 g/mol. The normalized spacial score (nSPS) is 16.5. The van der Waals surface area contributed by atoms with E-state index in [4.69, 9.17) is 0 Å². The van der Waals surface area contributed by atoms with Crippen LogP contribution in [0.15, 0.2) is 35.7 Å². The molecule has 0 unspecified atom stereocenters. The van der Waals surface area contributed by atoms with Crippen LogP contribution in [0.4, 0.5) is 0 Å². The van der Waals surface area contributed by atoms with E-state index in [1.807, 2.05) is 23.5 Å². The second-order valence-electron chi connectivity index (χ2n) is 4.52. The minimum absolute atomic E-state index is 1.11. The molecular weight excluding hydrogens is 226 g/mol. The SMILES string of the molecule is [c]1ccccc1-c1ccsc1CN1CCCC1. The summed E-state index contributed by atoms with van der Waals surface area (Å²) in [4.78, 5) is 4.03. The monoisotopic (exact) mass is 242 g/mol. The Bertz CT molecular complexity index is 469. The van der Waals surface area contributed by atoms with Crippen LogP contribution in [0.2, 0.25) is 0 Å². The molecule has 1 saturated heterocycles. The number of benzene rings is 1. The molecule has 1 nitrogen and oxygen atoms in total. The number of hydrogen-bond acceptors (Lipinski definition) is 2. The van der Waals surface area contributed by atoms with Gasteiger partial charge in [0.1, 0.15) is 0 Å². The molecule has 0 bridgehead atoms. The van der Waals surface area contributed by atoms with Crippen LogP contribution in [-0.2, 0) is 6.54 Å². The molecule has 2 heterocycles. The third-order valence-electron chi connectivity index (χ3n) is 3.31. The lowest BCUT2D eigenvalue weighted by molar-refractivity contribution is 0.335. The molecule has 0 aliphatic carbocycles. The van der Waals surface area contributed by atoms with Crippen LogP contribution >= 0.6 is 11.3 Å². The van der Waals surface area contributed by atoms with Gasteiger partial charge in [-0.3, -0.25) is 4.90 Å². The molecule has 0 N–H and O–H groups in total. The summed E-state index contributed by atoms with van der Waals surface area (Å²) in [5, 5.41) is 2.20. The minimum Gasteiger partial charge on any atom is -0.298 e. The van der Waals surface area contributed by atoms with Crippen molar-refractivity contribution in [2.75, 3.05) is 13.1 Å². The zero-order chi connectivity index (χ0) is 11.5. The Hall–Kier alpha value is -1.12. The van der Waals surface area contributed by atoms with Crippen LogP contribution in [0.5, 0.6) is 0 Å². The van der Waals surface area contributed by atoms with Crippen molar-refractivity contribution in [1.82, 2.24) is 4.90 Å². The molecule has 0 saturated carbocycles. The lowest BCUT2D eigenvalue weighted by Gasteiger charge is -2.14. The molecular formula is C15H16NS. The van der Waals surface area contributed by atoms with E-state index >= 15 is 0 Å². The van der Waals surface area contributed by atoms with Gasteiger partial charge >= 0.3 is 0 Å². The van der Waals surface area contributed by atoms with Crippen molar-refractivity contribution in [1.29, 1.82) is 0 Å². The third kappa shape index (κ3) is 2.43. The van der Waals surface area contributed by atoms with Gasteiger partial charge in [-0.2, -0.15) is 0 Å². The Labute approximate surface area is 107 Å². The van der Waals surface area contributed by atoms with Crippen LogP contribution < -0.4 is 0 Å².